The molecule has 0 saturated carbocycles. The molecule has 7 nitrogen and oxygen atoms in total. The summed E-state index contributed by atoms with van der Waals surface area (Å²) in [5, 5.41) is 4.00. The molecule has 29 heavy (non-hydrogen) atoms. The maximum atomic E-state index is 12.7. The molecule has 0 aliphatic heterocycles. The number of rotatable bonds is 9. The minimum Gasteiger partial charge on any atom is -0.497 e. The molecule has 0 bridgehead atoms. The first-order valence-electron chi connectivity index (χ1n) is 9.64. The van der Waals surface area contributed by atoms with E-state index in [4.69, 9.17) is 14.0 Å². The minimum atomic E-state index is 0.000794. The van der Waals surface area contributed by atoms with Crippen molar-refractivity contribution in [2.45, 2.75) is 26.7 Å². The van der Waals surface area contributed by atoms with Gasteiger partial charge >= 0.3 is 0 Å². The van der Waals surface area contributed by atoms with E-state index in [1.54, 1.807) is 12.0 Å². The van der Waals surface area contributed by atoms with Crippen molar-refractivity contribution in [2.75, 3.05) is 25.2 Å². The molecule has 0 aliphatic carbocycles. The van der Waals surface area contributed by atoms with Crippen LogP contribution in [0.25, 0.3) is 11.4 Å². The second-order valence-corrected chi connectivity index (χ2v) is 6.31. The molecule has 0 fully saturated rings. The van der Waals surface area contributed by atoms with Gasteiger partial charge in [0.2, 0.25) is 17.6 Å². The van der Waals surface area contributed by atoms with E-state index in [1.807, 2.05) is 62.4 Å². The molecule has 0 saturated heterocycles. The van der Waals surface area contributed by atoms with Gasteiger partial charge in [-0.3, -0.25) is 4.79 Å². The molecule has 3 aromatic rings. The van der Waals surface area contributed by atoms with Crippen molar-refractivity contribution >= 4 is 11.6 Å². The first-order chi connectivity index (χ1) is 14.1. The van der Waals surface area contributed by atoms with Crippen LogP contribution in [-0.4, -0.2) is 36.3 Å². The largest absolute Gasteiger partial charge is 0.497 e. The second-order valence-electron chi connectivity index (χ2n) is 6.31. The van der Waals surface area contributed by atoms with Crippen molar-refractivity contribution < 1.29 is 18.8 Å². The Hall–Kier alpha value is -3.35. The molecular formula is C22H25N3O4. The lowest BCUT2D eigenvalue weighted by atomic mass is 10.2. The Kier molecular flexibility index (Phi) is 6.84. The van der Waals surface area contributed by atoms with Crippen LogP contribution in [0.1, 0.15) is 26.2 Å². The number of benzene rings is 2. The summed E-state index contributed by atoms with van der Waals surface area (Å²) in [6.45, 7) is 5.07. The zero-order chi connectivity index (χ0) is 20.6. The topological polar surface area (TPSA) is 77.7 Å². The number of nitrogens with zero attached hydrogens (tertiary/aromatic N) is 3. The normalized spacial score (nSPS) is 10.6. The molecule has 0 aliphatic rings. The predicted octanol–water partition coefficient (Wildman–Crippen LogP) is 4.13. The Morgan fingerprint density at radius 1 is 1.03 bits per heavy atom. The highest BCUT2D eigenvalue weighted by atomic mass is 16.5. The van der Waals surface area contributed by atoms with E-state index in [0.29, 0.717) is 31.3 Å². The summed E-state index contributed by atoms with van der Waals surface area (Å²) in [4.78, 5) is 18.8. The highest BCUT2D eigenvalue weighted by Crippen LogP contribution is 2.22. The lowest BCUT2D eigenvalue weighted by Gasteiger charge is -2.21. The molecule has 0 N–H and O–H groups in total. The second kappa shape index (κ2) is 9.73. The molecule has 2 aromatic carbocycles. The Bertz CT molecular complexity index is 920. The molecule has 3 rings (SSSR count). The molecule has 152 valence electrons. The zero-order valence-electron chi connectivity index (χ0n) is 16.9. The predicted molar refractivity (Wildman–Crippen MR) is 110 cm³/mol. The fourth-order valence-electron chi connectivity index (χ4n) is 2.95. The summed E-state index contributed by atoms with van der Waals surface area (Å²) in [5.41, 5.74) is 1.67. The fourth-order valence-corrected chi connectivity index (χ4v) is 2.95. The summed E-state index contributed by atoms with van der Waals surface area (Å²) in [7, 11) is 1.62. The Labute approximate surface area is 170 Å². The molecule has 1 amide bonds. The number of hydrogen-bond donors (Lipinski definition) is 0. The number of ether oxygens (including phenoxy) is 2. The van der Waals surface area contributed by atoms with Gasteiger partial charge in [0.1, 0.15) is 11.5 Å². The van der Waals surface area contributed by atoms with E-state index in [0.717, 1.165) is 22.7 Å². The van der Waals surface area contributed by atoms with E-state index in [9.17, 15) is 4.79 Å². The summed E-state index contributed by atoms with van der Waals surface area (Å²) < 4.78 is 15.9. The fraction of sp³-hybridized carbons (Fsp3) is 0.318. The first-order valence-corrected chi connectivity index (χ1v) is 9.64. The van der Waals surface area contributed by atoms with Gasteiger partial charge in [-0.25, -0.2) is 0 Å². The average molecular weight is 395 g/mol. The van der Waals surface area contributed by atoms with Crippen LogP contribution < -0.4 is 14.4 Å². The lowest BCUT2D eigenvalue weighted by molar-refractivity contribution is -0.118. The van der Waals surface area contributed by atoms with Crippen molar-refractivity contribution in [3.05, 3.63) is 54.4 Å². The SMILES string of the molecule is CCOc1ccc(N(CC)C(=O)CCc2nc(-c3ccc(OC)cc3)no2)cc1. The summed E-state index contributed by atoms with van der Waals surface area (Å²) >= 11 is 0. The molecular weight excluding hydrogens is 370 g/mol. The number of carbonyl (C=O) groups excluding carboxylic acids is 1. The van der Waals surface area contributed by atoms with E-state index in [2.05, 4.69) is 10.1 Å². The Morgan fingerprint density at radius 3 is 2.34 bits per heavy atom. The van der Waals surface area contributed by atoms with Crippen LogP contribution in [0.2, 0.25) is 0 Å². The van der Waals surface area contributed by atoms with Gasteiger partial charge in [0, 0.05) is 30.6 Å². The van der Waals surface area contributed by atoms with Gasteiger partial charge < -0.3 is 18.9 Å². The average Bonchev–Trinajstić information content (AvgIpc) is 3.23. The third-order valence-corrected chi connectivity index (χ3v) is 4.45. The van der Waals surface area contributed by atoms with Gasteiger partial charge in [-0.15, -0.1) is 0 Å². The van der Waals surface area contributed by atoms with Crippen LogP contribution in [0.5, 0.6) is 11.5 Å². The number of aryl methyl sites for hydroxylation is 1. The van der Waals surface area contributed by atoms with E-state index < -0.39 is 0 Å². The third-order valence-electron chi connectivity index (χ3n) is 4.45. The number of methoxy groups -OCH3 is 1. The van der Waals surface area contributed by atoms with Gasteiger partial charge in [0.05, 0.1) is 13.7 Å². The molecule has 0 unspecified atom stereocenters. The van der Waals surface area contributed by atoms with Crippen molar-refractivity contribution in [1.82, 2.24) is 10.1 Å². The minimum absolute atomic E-state index is 0.000794. The molecule has 7 heteroatoms. The monoisotopic (exact) mass is 395 g/mol. The van der Waals surface area contributed by atoms with Crippen molar-refractivity contribution in [2.24, 2.45) is 0 Å². The van der Waals surface area contributed by atoms with Crippen LogP contribution in [0, 0.1) is 0 Å². The van der Waals surface area contributed by atoms with Crippen LogP contribution in [0.4, 0.5) is 5.69 Å². The van der Waals surface area contributed by atoms with Crippen LogP contribution >= 0.6 is 0 Å². The third kappa shape index (κ3) is 5.13. The smallest absolute Gasteiger partial charge is 0.227 e. The van der Waals surface area contributed by atoms with Crippen LogP contribution in [0.15, 0.2) is 53.1 Å². The van der Waals surface area contributed by atoms with Crippen LogP contribution in [-0.2, 0) is 11.2 Å². The van der Waals surface area contributed by atoms with Crippen LogP contribution in [0.3, 0.4) is 0 Å². The standard InChI is InChI=1S/C22H25N3O4/c1-4-25(17-8-12-19(13-9-17)28-5-2)21(26)15-14-20-23-22(24-29-20)16-6-10-18(27-3)11-7-16/h6-13H,4-5,14-15H2,1-3H3. The molecule has 0 spiro atoms. The quantitative estimate of drug-likeness (QED) is 0.542. The molecule has 1 heterocycles. The number of anilines is 1. The lowest BCUT2D eigenvalue weighted by Crippen LogP contribution is -2.30. The van der Waals surface area contributed by atoms with Gasteiger partial charge in [-0.2, -0.15) is 4.98 Å². The Balaban J connectivity index is 1.61. The highest BCUT2D eigenvalue weighted by Gasteiger charge is 2.16. The van der Waals surface area contributed by atoms with E-state index >= 15 is 0 Å². The van der Waals surface area contributed by atoms with Gasteiger partial charge in [-0.1, -0.05) is 5.16 Å². The number of hydrogen-bond acceptors (Lipinski definition) is 6. The maximum Gasteiger partial charge on any atom is 0.227 e. The molecule has 1 aromatic heterocycles. The maximum absolute atomic E-state index is 12.7. The first kappa shape index (κ1) is 20.4. The number of amides is 1. The molecule has 0 radical (unpaired) electrons. The van der Waals surface area contributed by atoms with Crippen molar-refractivity contribution in [3.8, 4) is 22.9 Å². The van der Waals surface area contributed by atoms with Gasteiger partial charge in [0.25, 0.3) is 0 Å². The number of carbonyl (C=O) groups is 1. The Morgan fingerprint density at radius 2 is 1.72 bits per heavy atom. The van der Waals surface area contributed by atoms with Crippen molar-refractivity contribution in [3.63, 3.8) is 0 Å². The van der Waals surface area contributed by atoms with Crippen molar-refractivity contribution in [1.29, 1.82) is 0 Å². The molecule has 0 atom stereocenters. The van der Waals surface area contributed by atoms with E-state index in [1.165, 1.54) is 0 Å². The highest BCUT2D eigenvalue weighted by molar-refractivity contribution is 5.93. The summed E-state index contributed by atoms with van der Waals surface area (Å²) in [5.74, 6) is 2.48. The zero-order valence-corrected chi connectivity index (χ0v) is 16.9. The number of aromatic nitrogens is 2. The summed E-state index contributed by atoms with van der Waals surface area (Å²) in [6.07, 6.45) is 0.667. The summed E-state index contributed by atoms with van der Waals surface area (Å²) in [6, 6.07) is 14.9. The van der Waals surface area contributed by atoms with E-state index in [-0.39, 0.29) is 12.3 Å². The van der Waals surface area contributed by atoms with Gasteiger partial charge in [-0.05, 0) is 62.4 Å². The van der Waals surface area contributed by atoms with Gasteiger partial charge in [0.15, 0.2) is 0 Å².